The van der Waals surface area contributed by atoms with Gasteiger partial charge in [0.1, 0.15) is 6.04 Å². The van der Waals surface area contributed by atoms with Crippen molar-refractivity contribution in [3.8, 4) is 0 Å². The molecule has 1 aliphatic rings. The average molecular weight is 270 g/mol. The summed E-state index contributed by atoms with van der Waals surface area (Å²) in [7, 11) is 1.66. The molecule has 0 aromatic heterocycles. The molecule has 1 saturated carbocycles. The number of nitrogens with zero attached hydrogens (tertiary/aromatic N) is 1. The molecule has 1 unspecified atom stereocenters. The Kier molecular flexibility index (Phi) is 6.84. The molecule has 1 rings (SSSR count). The number of aliphatic carboxylic acids is 1. The van der Waals surface area contributed by atoms with Gasteiger partial charge in [-0.3, -0.25) is 14.5 Å². The number of carbonyl (C=O) groups excluding carboxylic acids is 1. The molecule has 1 fully saturated rings. The largest absolute Gasteiger partial charge is 0.480 e. The van der Waals surface area contributed by atoms with E-state index in [4.69, 9.17) is 5.11 Å². The van der Waals surface area contributed by atoms with E-state index in [1.54, 1.807) is 18.9 Å². The van der Waals surface area contributed by atoms with Crippen molar-refractivity contribution in [1.29, 1.82) is 0 Å². The third kappa shape index (κ3) is 6.05. The first-order valence-corrected chi connectivity index (χ1v) is 7.23. The maximum atomic E-state index is 11.9. The van der Waals surface area contributed by atoms with Crippen LogP contribution in [0.15, 0.2) is 0 Å². The topological polar surface area (TPSA) is 69.6 Å². The monoisotopic (exact) mass is 270 g/mol. The third-order valence-corrected chi connectivity index (χ3v) is 3.88. The lowest BCUT2D eigenvalue weighted by Gasteiger charge is -2.24. The summed E-state index contributed by atoms with van der Waals surface area (Å²) in [6.07, 6.45) is 8.25. The average Bonchev–Trinajstić information content (AvgIpc) is 2.31. The van der Waals surface area contributed by atoms with E-state index in [1.165, 1.54) is 32.1 Å². The van der Waals surface area contributed by atoms with Crippen molar-refractivity contribution in [1.82, 2.24) is 10.2 Å². The van der Waals surface area contributed by atoms with Gasteiger partial charge in [-0.25, -0.2) is 0 Å². The standard InChI is InChI=1S/C14H26N2O3/c1-11(14(18)19)16(2)10-13(17)15-12-8-6-4-3-5-7-9-12/h11-12H,3-10H2,1-2H3,(H,15,17)(H,18,19). The lowest BCUT2D eigenvalue weighted by Crippen LogP contribution is -2.45. The summed E-state index contributed by atoms with van der Waals surface area (Å²) in [5.74, 6) is -0.970. The minimum atomic E-state index is -0.902. The second-order valence-corrected chi connectivity index (χ2v) is 5.54. The van der Waals surface area contributed by atoms with Crippen molar-refractivity contribution in [3.05, 3.63) is 0 Å². The number of amides is 1. The number of carboxylic acid groups (broad SMARTS) is 1. The number of nitrogens with one attached hydrogen (secondary N) is 1. The molecule has 1 atom stereocenters. The first-order chi connectivity index (χ1) is 9.00. The van der Waals surface area contributed by atoms with Gasteiger partial charge >= 0.3 is 5.97 Å². The van der Waals surface area contributed by atoms with Gasteiger partial charge in [0.25, 0.3) is 0 Å². The van der Waals surface area contributed by atoms with E-state index in [2.05, 4.69) is 5.32 Å². The summed E-state index contributed by atoms with van der Waals surface area (Å²) in [4.78, 5) is 24.3. The Morgan fingerprint density at radius 2 is 1.74 bits per heavy atom. The summed E-state index contributed by atoms with van der Waals surface area (Å²) in [6, 6.07) is -0.371. The van der Waals surface area contributed by atoms with Gasteiger partial charge in [-0.05, 0) is 26.8 Å². The highest BCUT2D eigenvalue weighted by atomic mass is 16.4. The molecule has 0 spiro atoms. The molecule has 0 aromatic rings. The Labute approximate surface area is 115 Å². The zero-order chi connectivity index (χ0) is 14.3. The maximum Gasteiger partial charge on any atom is 0.320 e. The first kappa shape index (κ1) is 16.0. The predicted molar refractivity (Wildman–Crippen MR) is 74.0 cm³/mol. The summed E-state index contributed by atoms with van der Waals surface area (Å²) in [5, 5.41) is 11.9. The normalized spacial score (nSPS) is 19.5. The highest BCUT2D eigenvalue weighted by Crippen LogP contribution is 2.17. The molecule has 1 amide bonds. The highest BCUT2D eigenvalue weighted by molar-refractivity contribution is 5.80. The van der Waals surface area contributed by atoms with Crippen LogP contribution >= 0.6 is 0 Å². The van der Waals surface area contributed by atoms with Crippen molar-refractivity contribution in [2.75, 3.05) is 13.6 Å². The van der Waals surface area contributed by atoms with Crippen molar-refractivity contribution in [3.63, 3.8) is 0 Å². The molecule has 0 bridgehead atoms. The molecule has 110 valence electrons. The van der Waals surface area contributed by atoms with Crippen LogP contribution in [0.25, 0.3) is 0 Å². The third-order valence-electron chi connectivity index (χ3n) is 3.88. The molecule has 2 N–H and O–H groups in total. The zero-order valence-corrected chi connectivity index (χ0v) is 12.0. The fraction of sp³-hybridized carbons (Fsp3) is 0.857. The van der Waals surface area contributed by atoms with Gasteiger partial charge in [-0.15, -0.1) is 0 Å². The maximum absolute atomic E-state index is 11.9. The minimum absolute atomic E-state index is 0.0684. The first-order valence-electron chi connectivity index (χ1n) is 7.23. The molecule has 5 heteroatoms. The van der Waals surface area contributed by atoms with E-state index in [-0.39, 0.29) is 18.5 Å². The Balaban J connectivity index is 2.34. The van der Waals surface area contributed by atoms with Gasteiger partial charge in [-0.1, -0.05) is 32.1 Å². The molecular formula is C14H26N2O3. The van der Waals surface area contributed by atoms with E-state index >= 15 is 0 Å². The number of rotatable bonds is 5. The van der Waals surface area contributed by atoms with Crippen LogP contribution in [-0.4, -0.2) is 47.6 Å². The summed E-state index contributed by atoms with van der Waals surface area (Å²) >= 11 is 0. The Morgan fingerprint density at radius 1 is 1.21 bits per heavy atom. The van der Waals surface area contributed by atoms with E-state index in [1.807, 2.05) is 0 Å². The summed E-state index contributed by atoms with van der Waals surface area (Å²) in [6.45, 7) is 1.73. The van der Waals surface area contributed by atoms with Crippen molar-refractivity contribution in [2.24, 2.45) is 0 Å². The zero-order valence-electron chi connectivity index (χ0n) is 12.0. The van der Waals surface area contributed by atoms with Crippen LogP contribution in [0.1, 0.15) is 51.9 Å². The van der Waals surface area contributed by atoms with Crippen molar-refractivity contribution >= 4 is 11.9 Å². The van der Waals surface area contributed by atoms with Gasteiger partial charge < -0.3 is 10.4 Å². The molecule has 5 nitrogen and oxygen atoms in total. The summed E-state index contributed by atoms with van der Waals surface area (Å²) < 4.78 is 0. The minimum Gasteiger partial charge on any atom is -0.480 e. The van der Waals surface area contributed by atoms with Crippen LogP contribution in [0.3, 0.4) is 0 Å². The van der Waals surface area contributed by atoms with Gasteiger partial charge in [0.15, 0.2) is 0 Å². The van der Waals surface area contributed by atoms with Crippen LogP contribution in [-0.2, 0) is 9.59 Å². The number of likely N-dealkylation sites (N-methyl/N-ethyl adjacent to an activating group) is 1. The van der Waals surface area contributed by atoms with Crippen LogP contribution in [0, 0.1) is 0 Å². The molecule has 0 radical (unpaired) electrons. The Morgan fingerprint density at radius 3 is 2.26 bits per heavy atom. The highest BCUT2D eigenvalue weighted by Gasteiger charge is 2.20. The Bertz CT molecular complexity index is 299. The Hall–Kier alpha value is -1.10. The number of hydrogen-bond donors (Lipinski definition) is 2. The number of hydrogen-bond acceptors (Lipinski definition) is 3. The van der Waals surface area contributed by atoms with Crippen LogP contribution in [0.4, 0.5) is 0 Å². The van der Waals surface area contributed by atoms with Crippen molar-refractivity contribution < 1.29 is 14.7 Å². The second-order valence-electron chi connectivity index (χ2n) is 5.54. The predicted octanol–water partition coefficient (Wildman–Crippen LogP) is 1.62. The van der Waals surface area contributed by atoms with Crippen LogP contribution in [0.2, 0.25) is 0 Å². The number of carbonyl (C=O) groups is 2. The second kappa shape index (κ2) is 8.15. The number of carboxylic acids is 1. The fourth-order valence-corrected chi connectivity index (χ4v) is 2.43. The molecule has 0 aliphatic heterocycles. The molecule has 19 heavy (non-hydrogen) atoms. The smallest absolute Gasteiger partial charge is 0.320 e. The van der Waals surface area contributed by atoms with E-state index in [9.17, 15) is 9.59 Å². The molecule has 0 heterocycles. The molecule has 0 saturated heterocycles. The SMILES string of the molecule is CC(C(=O)O)N(C)CC(=O)NC1CCCCCCC1. The molecular weight excluding hydrogens is 244 g/mol. The van der Waals surface area contributed by atoms with E-state index < -0.39 is 12.0 Å². The van der Waals surface area contributed by atoms with Gasteiger partial charge in [0, 0.05) is 6.04 Å². The van der Waals surface area contributed by atoms with Gasteiger partial charge in [0.05, 0.1) is 6.54 Å². The quantitative estimate of drug-likeness (QED) is 0.796. The van der Waals surface area contributed by atoms with Gasteiger partial charge in [-0.2, -0.15) is 0 Å². The summed E-state index contributed by atoms with van der Waals surface area (Å²) in [5.41, 5.74) is 0. The lowest BCUT2D eigenvalue weighted by molar-refractivity contribution is -0.142. The van der Waals surface area contributed by atoms with Crippen LogP contribution < -0.4 is 5.32 Å². The van der Waals surface area contributed by atoms with E-state index in [0.717, 1.165) is 12.8 Å². The lowest BCUT2D eigenvalue weighted by atomic mass is 9.97. The van der Waals surface area contributed by atoms with Gasteiger partial charge in [0.2, 0.25) is 5.91 Å². The van der Waals surface area contributed by atoms with E-state index in [0.29, 0.717) is 0 Å². The fourth-order valence-electron chi connectivity index (χ4n) is 2.43. The van der Waals surface area contributed by atoms with Crippen LogP contribution in [0.5, 0.6) is 0 Å². The van der Waals surface area contributed by atoms with Crippen molar-refractivity contribution in [2.45, 2.75) is 64.0 Å². The molecule has 1 aliphatic carbocycles. The molecule has 0 aromatic carbocycles.